The summed E-state index contributed by atoms with van der Waals surface area (Å²) < 4.78 is 0. The van der Waals surface area contributed by atoms with Crippen LogP contribution >= 0.6 is 11.8 Å². The zero-order valence-electron chi connectivity index (χ0n) is 17.9. The molecule has 31 heavy (non-hydrogen) atoms. The van der Waals surface area contributed by atoms with E-state index in [-0.39, 0.29) is 17.1 Å². The number of nitrogens with one attached hydrogen (secondary N) is 2. The molecule has 5 heteroatoms. The van der Waals surface area contributed by atoms with Gasteiger partial charge in [0.25, 0.3) is 0 Å². The molecule has 0 radical (unpaired) electrons. The van der Waals surface area contributed by atoms with Crippen molar-refractivity contribution in [3.8, 4) is 0 Å². The van der Waals surface area contributed by atoms with Gasteiger partial charge in [0.2, 0.25) is 11.8 Å². The molecule has 0 heterocycles. The zero-order valence-corrected chi connectivity index (χ0v) is 18.7. The molecule has 158 valence electrons. The summed E-state index contributed by atoms with van der Waals surface area (Å²) in [6, 6.07) is 23.0. The number of anilines is 2. The average molecular weight is 431 g/mol. The molecule has 1 atom stereocenters. The quantitative estimate of drug-likeness (QED) is 0.353. The highest BCUT2D eigenvalue weighted by atomic mass is 32.2. The first-order chi connectivity index (χ1) is 14.9. The van der Waals surface area contributed by atoms with Crippen LogP contribution in [0.2, 0.25) is 0 Å². The van der Waals surface area contributed by atoms with Crippen LogP contribution in [-0.2, 0) is 9.59 Å². The lowest BCUT2D eigenvalue weighted by Crippen LogP contribution is -2.22. The normalized spacial score (nSPS) is 11.8. The van der Waals surface area contributed by atoms with Gasteiger partial charge in [-0.05, 0) is 73.9 Å². The third-order valence-electron chi connectivity index (χ3n) is 4.89. The molecule has 0 aliphatic heterocycles. The van der Waals surface area contributed by atoms with Gasteiger partial charge in [0.15, 0.2) is 0 Å². The van der Waals surface area contributed by atoms with E-state index in [0.717, 1.165) is 27.3 Å². The maximum atomic E-state index is 12.6. The standard InChI is InChI=1S/C26H26N2O2S/c1-18-8-7-11-24(19(18)2)28-26(30)20(3)31-23-15-13-22(14-16-23)27-25(29)17-12-21-9-5-4-6-10-21/h4-17,20H,1-3H3,(H,27,29)(H,28,30)/b17-12+. The summed E-state index contributed by atoms with van der Waals surface area (Å²) in [5.41, 5.74) is 4.75. The van der Waals surface area contributed by atoms with E-state index < -0.39 is 0 Å². The van der Waals surface area contributed by atoms with E-state index in [9.17, 15) is 9.59 Å². The second-order valence-electron chi connectivity index (χ2n) is 7.25. The molecule has 3 aromatic rings. The third-order valence-corrected chi connectivity index (χ3v) is 6.01. The minimum Gasteiger partial charge on any atom is -0.325 e. The van der Waals surface area contributed by atoms with Crippen LogP contribution in [-0.4, -0.2) is 17.1 Å². The average Bonchev–Trinajstić information content (AvgIpc) is 2.77. The second-order valence-corrected chi connectivity index (χ2v) is 8.67. The highest BCUT2D eigenvalue weighted by molar-refractivity contribution is 8.00. The molecule has 0 fully saturated rings. The predicted molar refractivity (Wildman–Crippen MR) is 130 cm³/mol. The molecule has 0 bridgehead atoms. The van der Waals surface area contributed by atoms with Crippen LogP contribution in [0.25, 0.3) is 6.08 Å². The Morgan fingerprint density at radius 2 is 1.58 bits per heavy atom. The SMILES string of the molecule is Cc1cccc(NC(=O)C(C)Sc2ccc(NC(=O)/C=C/c3ccccc3)cc2)c1C. The first-order valence-corrected chi connectivity index (χ1v) is 11.0. The summed E-state index contributed by atoms with van der Waals surface area (Å²) in [5, 5.41) is 5.60. The fraction of sp³-hybridized carbons (Fsp3) is 0.154. The number of amides is 2. The summed E-state index contributed by atoms with van der Waals surface area (Å²) in [6.07, 6.45) is 3.29. The Morgan fingerprint density at radius 1 is 0.871 bits per heavy atom. The van der Waals surface area contributed by atoms with Gasteiger partial charge in [-0.15, -0.1) is 11.8 Å². The van der Waals surface area contributed by atoms with Gasteiger partial charge in [0.1, 0.15) is 0 Å². The Labute approximate surface area is 187 Å². The largest absolute Gasteiger partial charge is 0.325 e. The molecule has 1 unspecified atom stereocenters. The summed E-state index contributed by atoms with van der Waals surface area (Å²) in [5.74, 6) is -0.229. The molecule has 3 rings (SSSR count). The van der Waals surface area contributed by atoms with Crippen LogP contribution in [0, 0.1) is 13.8 Å². The van der Waals surface area contributed by atoms with E-state index in [1.54, 1.807) is 6.08 Å². The highest BCUT2D eigenvalue weighted by Gasteiger charge is 2.15. The summed E-state index contributed by atoms with van der Waals surface area (Å²) >= 11 is 1.48. The fourth-order valence-electron chi connectivity index (χ4n) is 2.92. The maximum Gasteiger partial charge on any atom is 0.248 e. The molecular formula is C26H26N2O2S. The smallest absolute Gasteiger partial charge is 0.248 e. The third kappa shape index (κ3) is 6.59. The summed E-state index contributed by atoms with van der Waals surface area (Å²) in [6.45, 7) is 5.92. The molecule has 0 aliphatic rings. The molecule has 2 amide bonds. The second kappa shape index (κ2) is 10.6. The number of hydrogen-bond acceptors (Lipinski definition) is 3. The van der Waals surface area contributed by atoms with Crippen LogP contribution in [0.5, 0.6) is 0 Å². The fourth-order valence-corrected chi connectivity index (χ4v) is 3.78. The lowest BCUT2D eigenvalue weighted by Gasteiger charge is -2.15. The van der Waals surface area contributed by atoms with Crippen LogP contribution < -0.4 is 10.6 Å². The van der Waals surface area contributed by atoms with Gasteiger partial charge in [-0.1, -0.05) is 42.5 Å². The lowest BCUT2D eigenvalue weighted by molar-refractivity contribution is -0.115. The molecule has 0 aliphatic carbocycles. The summed E-state index contributed by atoms with van der Waals surface area (Å²) in [4.78, 5) is 25.7. The van der Waals surface area contributed by atoms with Crippen molar-refractivity contribution in [3.05, 3.63) is 95.6 Å². The Hall–Kier alpha value is -3.31. The van der Waals surface area contributed by atoms with Crippen molar-refractivity contribution in [2.75, 3.05) is 10.6 Å². The van der Waals surface area contributed by atoms with Gasteiger partial charge in [-0.3, -0.25) is 9.59 Å². The molecule has 0 saturated carbocycles. The predicted octanol–water partition coefficient (Wildman–Crippen LogP) is 6.07. The number of hydrogen-bond donors (Lipinski definition) is 2. The first kappa shape index (κ1) is 22.4. The molecule has 0 saturated heterocycles. The number of carbonyl (C=O) groups excluding carboxylic acids is 2. The number of aryl methyl sites for hydroxylation is 1. The van der Waals surface area contributed by atoms with Gasteiger partial charge in [-0.2, -0.15) is 0 Å². The zero-order chi connectivity index (χ0) is 22.2. The minimum absolute atomic E-state index is 0.0397. The van der Waals surface area contributed by atoms with E-state index in [1.807, 2.05) is 93.6 Å². The molecule has 4 nitrogen and oxygen atoms in total. The van der Waals surface area contributed by atoms with E-state index in [2.05, 4.69) is 10.6 Å². The Bertz CT molecular complexity index is 1080. The van der Waals surface area contributed by atoms with Gasteiger partial charge in [-0.25, -0.2) is 0 Å². The van der Waals surface area contributed by atoms with Crippen molar-refractivity contribution in [1.29, 1.82) is 0 Å². The van der Waals surface area contributed by atoms with Crippen molar-refractivity contribution in [2.45, 2.75) is 30.9 Å². The Kier molecular flexibility index (Phi) is 7.68. The topological polar surface area (TPSA) is 58.2 Å². The van der Waals surface area contributed by atoms with Crippen LogP contribution in [0.15, 0.2) is 83.8 Å². The van der Waals surface area contributed by atoms with Crippen molar-refractivity contribution in [3.63, 3.8) is 0 Å². The van der Waals surface area contributed by atoms with E-state index >= 15 is 0 Å². The van der Waals surface area contributed by atoms with Crippen molar-refractivity contribution < 1.29 is 9.59 Å². The van der Waals surface area contributed by atoms with Crippen LogP contribution in [0.1, 0.15) is 23.6 Å². The molecule has 2 N–H and O–H groups in total. The van der Waals surface area contributed by atoms with E-state index in [1.165, 1.54) is 17.8 Å². The van der Waals surface area contributed by atoms with Crippen molar-refractivity contribution in [2.24, 2.45) is 0 Å². The van der Waals surface area contributed by atoms with Gasteiger partial charge >= 0.3 is 0 Å². The minimum atomic E-state index is -0.255. The van der Waals surface area contributed by atoms with E-state index in [0.29, 0.717) is 5.69 Å². The number of thioether (sulfide) groups is 1. The molecule has 3 aromatic carbocycles. The lowest BCUT2D eigenvalue weighted by atomic mass is 10.1. The van der Waals surface area contributed by atoms with Crippen molar-refractivity contribution >= 4 is 41.0 Å². The van der Waals surface area contributed by atoms with Crippen LogP contribution in [0.4, 0.5) is 11.4 Å². The van der Waals surface area contributed by atoms with Gasteiger partial charge in [0.05, 0.1) is 5.25 Å². The molecule has 0 spiro atoms. The Morgan fingerprint density at radius 3 is 2.29 bits per heavy atom. The number of benzene rings is 3. The van der Waals surface area contributed by atoms with Crippen molar-refractivity contribution in [1.82, 2.24) is 0 Å². The van der Waals surface area contributed by atoms with E-state index in [4.69, 9.17) is 0 Å². The summed E-state index contributed by atoms with van der Waals surface area (Å²) in [7, 11) is 0. The number of carbonyl (C=O) groups is 2. The van der Waals surface area contributed by atoms with Gasteiger partial charge < -0.3 is 10.6 Å². The number of rotatable bonds is 7. The first-order valence-electron chi connectivity index (χ1n) is 10.1. The Balaban J connectivity index is 1.53. The maximum absolute atomic E-state index is 12.6. The molecular weight excluding hydrogens is 404 g/mol. The monoisotopic (exact) mass is 430 g/mol. The van der Waals surface area contributed by atoms with Crippen LogP contribution in [0.3, 0.4) is 0 Å². The molecule has 0 aromatic heterocycles. The van der Waals surface area contributed by atoms with Gasteiger partial charge in [0, 0.05) is 22.3 Å². The highest BCUT2D eigenvalue weighted by Crippen LogP contribution is 2.26.